The van der Waals surface area contributed by atoms with E-state index in [0.29, 0.717) is 11.3 Å². The molecule has 3 N–H and O–H groups in total. The fourth-order valence-electron chi connectivity index (χ4n) is 3.04. The number of ketones is 1. The van der Waals surface area contributed by atoms with Gasteiger partial charge in [0.1, 0.15) is 5.69 Å². The van der Waals surface area contributed by atoms with E-state index in [-0.39, 0.29) is 29.6 Å². The number of hydrogen-bond donors (Lipinski definition) is 2. The summed E-state index contributed by atoms with van der Waals surface area (Å²) in [7, 11) is 0. The van der Waals surface area contributed by atoms with Gasteiger partial charge in [-0.25, -0.2) is 9.50 Å². The first-order valence-electron chi connectivity index (χ1n) is 8.53. The van der Waals surface area contributed by atoms with Gasteiger partial charge in [0.05, 0.1) is 12.3 Å². The minimum Gasteiger partial charge on any atom is -0.459 e. The van der Waals surface area contributed by atoms with E-state index in [0.717, 1.165) is 38.8 Å². The van der Waals surface area contributed by atoms with Gasteiger partial charge in [-0.05, 0) is 39.3 Å². The van der Waals surface area contributed by atoms with Crippen molar-refractivity contribution in [2.75, 3.05) is 18.8 Å². The van der Waals surface area contributed by atoms with E-state index in [9.17, 15) is 4.79 Å². The molecule has 24 heavy (non-hydrogen) atoms. The molecular formula is C16H24N6O2. The smallest absolute Gasteiger partial charge is 0.336 e. The van der Waals surface area contributed by atoms with Crippen LogP contribution in [0.25, 0.3) is 5.65 Å². The van der Waals surface area contributed by atoms with Crippen LogP contribution in [-0.2, 0) is 0 Å². The topological polar surface area (TPSA) is 107 Å². The second kappa shape index (κ2) is 7.12. The number of ether oxygens (including phenoxy) is 1. The van der Waals surface area contributed by atoms with Crippen molar-refractivity contribution in [3.8, 4) is 6.01 Å². The Kier molecular flexibility index (Phi) is 4.94. The Morgan fingerprint density at radius 1 is 1.50 bits per heavy atom. The lowest BCUT2D eigenvalue weighted by atomic mass is 9.92. The molecule has 2 aromatic rings. The number of carbonyl (C=O) groups is 1. The van der Waals surface area contributed by atoms with E-state index >= 15 is 0 Å². The van der Waals surface area contributed by atoms with Crippen LogP contribution in [-0.4, -0.2) is 44.6 Å². The molecule has 0 aliphatic carbocycles. The van der Waals surface area contributed by atoms with Crippen molar-refractivity contribution in [2.24, 2.45) is 5.92 Å². The Labute approximate surface area is 140 Å². The first-order valence-corrected chi connectivity index (χ1v) is 8.53. The molecule has 0 saturated carbocycles. The molecule has 0 bridgehead atoms. The third-order valence-electron chi connectivity index (χ3n) is 4.33. The van der Waals surface area contributed by atoms with Crippen molar-refractivity contribution >= 4 is 17.2 Å². The first-order chi connectivity index (χ1) is 11.6. The quantitative estimate of drug-likeness (QED) is 0.771. The maximum Gasteiger partial charge on any atom is 0.336 e. The Hall–Kier alpha value is -2.22. The zero-order chi connectivity index (χ0) is 17.1. The summed E-state index contributed by atoms with van der Waals surface area (Å²) >= 11 is 0. The number of Topliss-reactive ketones (excluding diaryl/α,β-unsaturated/α-hetero) is 1. The number of nitrogens with two attached hydrogens (primary N) is 1. The number of rotatable bonds is 6. The number of hydrogen-bond acceptors (Lipinski definition) is 7. The number of imidazole rings is 1. The van der Waals surface area contributed by atoms with Gasteiger partial charge >= 0.3 is 6.01 Å². The molecule has 1 aliphatic heterocycles. The fourth-order valence-corrected chi connectivity index (χ4v) is 3.04. The van der Waals surface area contributed by atoms with Crippen LogP contribution >= 0.6 is 0 Å². The SMILES string of the molecule is CCC[C@H](C)Oc1nc(N)c2ncc(C(=O)C3CCNCC3)n2n1. The van der Waals surface area contributed by atoms with Crippen molar-refractivity contribution in [1.82, 2.24) is 24.9 Å². The molecule has 8 heteroatoms. The fraction of sp³-hybridized carbons (Fsp3) is 0.625. The second-order valence-corrected chi connectivity index (χ2v) is 6.26. The van der Waals surface area contributed by atoms with E-state index in [1.54, 1.807) is 0 Å². The number of nitrogens with one attached hydrogen (secondary N) is 1. The summed E-state index contributed by atoms with van der Waals surface area (Å²) in [5.74, 6) is 0.258. The Morgan fingerprint density at radius 2 is 2.25 bits per heavy atom. The second-order valence-electron chi connectivity index (χ2n) is 6.26. The molecule has 3 heterocycles. The largest absolute Gasteiger partial charge is 0.459 e. The van der Waals surface area contributed by atoms with Gasteiger partial charge in [-0.1, -0.05) is 13.3 Å². The van der Waals surface area contributed by atoms with E-state index in [4.69, 9.17) is 10.5 Å². The summed E-state index contributed by atoms with van der Waals surface area (Å²) in [5, 5.41) is 7.60. The van der Waals surface area contributed by atoms with Gasteiger partial charge in [-0.15, -0.1) is 5.10 Å². The van der Waals surface area contributed by atoms with Crippen molar-refractivity contribution in [1.29, 1.82) is 0 Å². The van der Waals surface area contributed by atoms with Gasteiger partial charge in [-0.2, -0.15) is 4.98 Å². The standard InChI is InChI=1S/C16H24N6O2/c1-3-4-10(2)24-16-20-14(17)15-19-9-12(22(15)21-16)13(23)11-5-7-18-8-6-11/h9-11,18H,3-8H2,1-2H3,(H2,17,20,21)/t10-/m0/s1. The lowest BCUT2D eigenvalue weighted by Gasteiger charge is -2.20. The molecule has 0 unspecified atom stereocenters. The highest BCUT2D eigenvalue weighted by molar-refractivity contribution is 5.97. The summed E-state index contributed by atoms with van der Waals surface area (Å²) in [4.78, 5) is 21.2. The van der Waals surface area contributed by atoms with Gasteiger partial charge in [0.2, 0.25) is 0 Å². The van der Waals surface area contributed by atoms with Crippen LogP contribution in [0.4, 0.5) is 5.82 Å². The van der Waals surface area contributed by atoms with Crippen LogP contribution in [0.2, 0.25) is 0 Å². The highest BCUT2D eigenvalue weighted by Crippen LogP contribution is 2.21. The molecule has 1 fully saturated rings. The highest BCUT2D eigenvalue weighted by Gasteiger charge is 2.26. The molecule has 0 aromatic carbocycles. The van der Waals surface area contributed by atoms with Crippen molar-refractivity contribution in [3.05, 3.63) is 11.9 Å². The molecule has 0 amide bonds. The van der Waals surface area contributed by atoms with Crippen molar-refractivity contribution in [3.63, 3.8) is 0 Å². The van der Waals surface area contributed by atoms with E-state index in [2.05, 4.69) is 27.3 Å². The van der Waals surface area contributed by atoms with Crippen LogP contribution in [0.5, 0.6) is 6.01 Å². The summed E-state index contributed by atoms with van der Waals surface area (Å²) in [6, 6.07) is 0.179. The normalized spacial score (nSPS) is 17.1. The van der Waals surface area contributed by atoms with Crippen LogP contribution in [0.15, 0.2) is 6.20 Å². The molecule has 2 aromatic heterocycles. The molecule has 3 rings (SSSR count). The average Bonchev–Trinajstić information content (AvgIpc) is 2.99. The number of carbonyl (C=O) groups excluding carboxylic acids is 1. The Bertz CT molecular complexity index is 723. The molecule has 0 spiro atoms. The number of nitrogen functional groups attached to an aromatic ring is 1. The van der Waals surface area contributed by atoms with E-state index in [1.165, 1.54) is 10.7 Å². The minimum absolute atomic E-state index is 0.00859. The van der Waals surface area contributed by atoms with Gasteiger partial charge in [0, 0.05) is 5.92 Å². The van der Waals surface area contributed by atoms with Crippen LogP contribution < -0.4 is 15.8 Å². The highest BCUT2D eigenvalue weighted by atomic mass is 16.5. The Morgan fingerprint density at radius 3 is 2.96 bits per heavy atom. The maximum absolute atomic E-state index is 12.8. The molecule has 1 saturated heterocycles. The number of fused-ring (bicyclic) bond motifs is 1. The van der Waals surface area contributed by atoms with Crippen LogP contribution in [0, 0.1) is 5.92 Å². The number of anilines is 1. The van der Waals surface area contributed by atoms with Gasteiger partial charge in [-0.3, -0.25) is 4.79 Å². The molecule has 1 aliphatic rings. The predicted octanol–water partition coefficient (Wildman–Crippen LogP) is 1.46. The lowest BCUT2D eigenvalue weighted by Crippen LogP contribution is -2.32. The summed E-state index contributed by atoms with van der Waals surface area (Å²) in [5.41, 5.74) is 6.80. The van der Waals surface area contributed by atoms with Crippen LogP contribution in [0.1, 0.15) is 50.0 Å². The summed E-state index contributed by atoms with van der Waals surface area (Å²) < 4.78 is 7.19. The number of aromatic nitrogens is 4. The van der Waals surface area contributed by atoms with Gasteiger partial charge < -0.3 is 15.8 Å². The molecule has 0 radical (unpaired) electrons. The van der Waals surface area contributed by atoms with Crippen molar-refractivity contribution in [2.45, 2.75) is 45.6 Å². The van der Waals surface area contributed by atoms with Crippen molar-refractivity contribution < 1.29 is 9.53 Å². The first kappa shape index (κ1) is 16.6. The zero-order valence-electron chi connectivity index (χ0n) is 14.2. The van der Waals surface area contributed by atoms with Gasteiger partial charge in [0.15, 0.2) is 17.2 Å². The lowest BCUT2D eigenvalue weighted by molar-refractivity contribution is 0.0887. The van der Waals surface area contributed by atoms with Gasteiger partial charge in [0.25, 0.3) is 0 Å². The summed E-state index contributed by atoms with van der Waals surface area (Å²) in [6.07, 6.45) is 5.06. The average molecular weight is 332 g/mol. The van der Waals surface area contributed by atoms with E-state index in [1.807, 2.05) is 6.92 Å². The third kappa shape index (κ3) is 3.33. The monoisotopic (exact) mass is 332 g/mol. The van der Waals surface area contributed by atoms with Crippen LogP contribution in [0.3, 0.4) is 0 Å². The summed E-state index contributed by atoms with van der Waals surface area (Å²) in [6.45, 7) is 5.76. The molecule has 1 atom stereocenters. The zero-order valence-corrected chi connectivity index (χ0v) is 14.2. The number of nitrogens with zero attached hydrogens (tertiary/aromatic N) is 4. The third-order valence-corrected chi connectivity index (χ3v) is 4.33. The van der Waals surface area contributed by atoms with E-state index < -0.39 is 0 Å². The molecular weight excluding hydrogens is 308 g/mol. The number of piperidine rings is 1. The minimum atomic E-state index is -0.0149. The Balaban J connectivity index is 1.91. The molecule has 8 nitrogen and oxygen atoms in total. The molecule has 130 valence electrons. The maximum atomic E-state index is 12.8. The predicted molar refractivity (Wildman–Crippen MR) is 90.1 cm³/mol.